The smallest absolute Gasteiger partial charge is 0.00674 e. The molecule has 0 aromatic heterocycles. The highest BCUT2D eigenvalue weighted by molar-refractivity contribution is 4.70. The molecular formula is C14H30N2. The Morgan fingerprint density at radius 2 is 1.69 bits per heavy atom. The predicted molar refractivity (Wildman–Crippen MR) is 71.9 cm³/mol. The largest absolute Gasteiger partial charge is 0.317 e. The van der Waals surface area contributed by atoms with E-state index >= 15 is 0 Å². The standard InChI is InChI=1S/C14H30N2/c1-3-15-11-9-10-14(2)16-12-7-5-4-6-8-13-16/h14-15H,3-13H2,1-2H3. The molecule has 1 rings (SSSR count). The van der Waals surface area contributed by atoms with E-state index in [4.69, 9.17) is 0 Å². The number of likely N-dealkylation sites (tertiary alicyclic amines) is 1. The Labute approximate surface area is 102 Å². The van der Waals surface area contributed by atoms with Gasteiger partial charge in [0.2, 0.25) is 0 Å². The summed E-state index contributed by atoms with van der Waals surface area (Å²) >= 11 is 0. The molecule has 1 heterocycles. The molecule has 0 aromatic carbocycles. The van der Waals surface area contributed by atoms with Crippen LogP contribution in [0.3, 0.4) is 0 Å². The van der Waals surface area contributed by atoms with Crippen LogP contribution < -0.4 is 5.32 Å². The summed E-state index contributed by atoms with van der Waals surface area (Å²) < 4.78 is 0. The molecule has 16 heavy (non-hydrogen) atoms. The van der Waals surface area contributed by atoms with Crippen LogP contribution in [0.15, 0.2) is 0 Å². The summed E-state index contributed by atoms with van der Waals surface area (Å²) in [4.78, 5) is 2.71. The summed E-state index contributed by atoms with van der Waals surface area (Å²) in [7, 11) is 0. The minimum atomic E-state index is 0.789. The van der Waals surface area contributed by atoms with Gasteiger partial charge in [0.25, 0.3) is 0 Å². The predicted octanol–water partition coefficient (Wildman–Crippen LogP) is 3.03. The van der Waals surface area contributed by atoms with Gasteiger partial charge in [-0.3, -0.25) is 0 Å². The van der Waals surface area contributed by atoms with Gasteiger partial charge in [-0.2, -0.15) is 0 Å². The zero-order chi connectivity index (χ0) is 11.6. The molecule has 2 nitrogen and oxygen atoms in total. The Morgan fingerprint density at radius 1 is 1.06 bits per heavy atom. The van der Waals surface area contributed by atoms with Crippen molar-refractivity contribution in [3.05, 3.63) is 0 Å². The zero-order valence-electron chi connectivity index (χ0n) is 11.3. The van der Waals surface area contributed by atoms with Gasteiger partial charge in [-0.15, -0.1) is 0 Å². The molecule has 96 valence electrons. The van der Waals surface area contributed by atoms with Gasteiger partial charge in [0.15, 0.2) is 0 Å². The summed E-state index contributed by atoms with van der Waals surface area (Å²) in [6.07, 6.45) is 9.86. The Kier molecular flexibility index (Phi) is 7.87. The SMILES string of the molecule is CCNCCCC(C)N1CCCCCCC1. The minimum Gasteiger partial charge on any atom is -0.317 e. The summed E-state index contributed by atoms with van der Waals surface area (Å²) in [5.74, 6) is 0. The molecule has 1 fully saturated rings. The molecule has 1 N–H and O–H groups in total. The third-order valence-electron chi connectivity index (χ3n) is 3.74. The molecule has 1 saturated heterocycles. The van der Waals surface area contributed by atoms with Crippen molar-refractivity contribution in [1.29, 1.82) is 0 Å². The second-order valence-corrected chi connectivity index (χ2v) is 5.15. The van der Waals surface area contributed by atoms with E-state index in [0.29, 0.717) is 0 Å². The normalized spacial score (nSPS) is 21.4. The van der Waals surface area contributed by atoms with Gasteiger partial charge < -0.3 is 10.2 Å². The monoisotopic (exact) mass is 226 g/mol. The van der Waals surface area contributed by atoms with Crippen molar-refractivity contribution >= 4 is 0 Å². The highest BCUT2D eigenvalue weighted by Crippen LogP contribution is 2.14. The van der Waals surface area contributed by atoms with Crippen LogP contribution in [0.1, 0.15) is 58.8 Å². The molecule has 1 atom stereocenters. The van der Waals surface area contributed by atoms with Gasteiger partial charge in [0, 0.05) is 6.04 Å². The Bertz CT molecular complexity index is 151. The van der Waals surface area contributed by atoms with Gasteiger partial charge in [-0.05, 0) is 58.8 Å². The maximum absolute atomic E-state index is 3.41. The average Bonchev–Trinajstić information content (AvgIpc) is 2.23. The molecule has 2 heteroatoms. The molecule has 1 aliphatic rings. The Hall–Kier alpha value is -0.0800. The highest BCUT2D eigenvalue weighted by atomic mass is 15.1. The lowest BCUT2D eigenvalue weighted by molar-refractivity contribution is 0.180. The number of nitrogens with one attached hydrogen (secondary N) is 1. The van der Waals surface area contributed by atoms with Crippen LogP contribution in [0.5, 0.6) is 0 Å². The van der Waals surface area contributed by atoms with E-state index in [1.807, 2.05) is 0 Å². The lowest BCUT2D eigenvalue weighted by Crippen LogP contribution is -2.36. The molecule has 0 amide bonds. The van der Waals surface area contributed by atoms with Crippen LogP contribution in [0.25, 0.3) is 0 Å². The molecule has 0 spiro atoms. The van der Waals surface area contributed by atoms with E-state index in [0.717, 1.165) is 12.6 Å². The first-order valence-electron chi connectivity index (χ1n) is 7.29. The van der Waals surface area contributed by atoms with E-state index in [2.05, 4.69) is 24.1 Å². The number of nitrogens with zero attached hydrogens (tertiary/aromatic N) is 1. The van der Waals surface area contributed by atoms with E-state index < -0.39 is 0 Å². The van der Waals surface area contributed by atoms with Gasteiger partial charge in [-0.25, -0.2) is 0 Å². The van der Waals surface area contributed by atoms with Crippen LogP contribution in [0, 0.1) is 0 Å². The molecule has 1 aliphatic heterocycles. The van der Waals surface area contributed by atoms with Crippen molar-refractivity contribution in [2.75, 3.05) is 26.2 Å². The van der Waals surface area contributed by atoms with Crippen LogP contribution in [0.4, 0.5) is 0 Å². The van der Waals surface area contributed by atoms with Crippen molar-refractivity contribution in [3.8, 4) is 0 Å². The number of hydrogen-bond acceptors (Lipinski definition) is 2. The Balaban J connectivity index is 2.14. The van der Waals surface area contributed by atoms with Crippen molar-refractivity contribution in [2.45, 2.75) is 64.8 Å². The average molecular weight is 226 g/mol. The summed E-state index contributed by atoms with van der Waals surface area (Å²) in [5, 5.41) is 3.41. The summed E-state index contributed by atoms with van der Waals surface area (Å²) in [5.41, 5.74) is 0. The van der Waals surface area contributed by atoms with Gasteiger partial charge >= 0.3 is 0 Å². The third-order valence-corrected chi connectivity index (χ3v) is 3.74. The van der Waals surface area contributed by atoms with Crippen LogP contribution in [0.2, 0.25) is 0 Å². The van der Waals surface area contributed by atoms with Crippen molar-refractivity contribution < 1.29 is 0 Å². The van der Waals surface area contributed by atoms with E-state index in [-0.39, 0.29) is 0 Å². The summed E-state index contributed by atoms with van der Waals surface area (Å²) in [6, 6.07) is 0.789. The Morgan fingerprint density at radius 3 is 2.31 bits per heavy atom. The molecule has 0 aromatic rings. The molecule has 0 bridgehead atoms. The molecule has 0 saturated carbocycles. The first-order chi connectivity index (χ1) is 7.84. The molecule has 0 aliphatic carbocycles. The topological polar surface area (TPSA) is 15.3 Å². The minimum absolute atomic E-state index is 0.789. The fourth-order valence-corrected chi connectivity index (χ4v) is 2.59. The second-order valence-electron chi connectivity index (χ2n) is 5.15. The maximum Gasteiger partial charge on any atom is 0.00674 e. The lowest BCUT2D eigenvalue weighted by Gasteiger charge is -2.30. The molecule has 0 radical (unpaired) electrons. The maximum atomic E-state index is 3.41. The molecule has 1 unspecified atom stereocenters. The van der Waals surface area contributed by atoms with Gasteiger partial charge in [0.05, 0.1) is 0 Å². The van der Waals surface area contributed by atoms with E-state index in [9.17, 15) is 0 Å². The fourth-order valence-electron chi connectivity index (χ4n) is 2.59. The zero-order valence-corrected chi connectivity index (χ0v) is 11.3. The van der Waals surface area contributed by atoms with E-state index in [1.54, 1.807) is 0 Å². The second kappa shape index (κ2) is 9.00. The highest BCUT2D eigenvalue weighted by Gasteiger charge is 2.14. The number of hydrogen-bond donors (Lipinski definition) is 1. The summed E-state index contributed by atoms with van der Waals surface area (Å²) in [6.45, 7) is 9.56. The van der Waals surface area contributed by atoms with Crippen LogP contribution in [-0.4, -0.2) is 37.1 Å². The quantitative estimate of drug-likeness (QED) is 0.700. The third kappa shape index (κ3) is 5.86. The van der Waals surface area contributed by atoms with Gasteiger partial charge in [0.1, 0.15) is 0 Å². The fraction of sp³-hybridized carbons (Fsp3) is 1.00. The van der Waals surface area contributed by atoms with Crippen molar-refractivity contribution in [3.63, 3.8) is 0 Å². The first kappa shape index (κ1) is 14.0. The molecular weight excluding hydrogens is 196 g/mol. The van der Waals surface area contributed by atoms with Crippen LogP contribution >= 0.6 is 0 Å². The van der Waals surface area contributed by atoms with Crippen LogP contribution in [-0.2, 0) is 0 Å². The van der Waals surface area contributed by atoms with Crippen molar-refractivity contribution in [2.24, 2.45) is 0 Å². The van der Waals surface area contributed by atoms with E-state index in [1.165, 1.54) is 64.6 Å². The lowest BCUT2D eigenvalue weighted by atomic mass is 10.1. The first-order valence-corrected chi connectivity index (χ1v) is 7.29. The van der Waals surface area contributed by atoms with Gasteiger partial charge in [-0.1, -0.05) is 26.2 Å². The number of rotatable bonds is 6. The van der Waals surface area contributed by atoms with Crippen molar-refractivity contribution in [1.82, 2.24) is 10.2 Å².